The Kier molecular flexibility index (Phi) is 7.01. The number of hydrogen-bond acceptors (Lipinski definition) is 7. The number of thioether (sulfide) groups is 1. The van der Waals surface area contributed by atoms with Gasteiger partial charge in [0.15, 0.2) is 5.16 Å². The Bertz CT molecular complexity index is 1450. The first-order chi connectivity index (χ1) is 16.5. The van der Waals surface area contributed by atoms with Gasteiger partial charge >= 0.3 is 0 Å². The largest absolute Gasteiger partial charge is 0.272 e. The second-order valence-corrected chi connectivity index (χ2v) is 12.5. The van der Waals surface area contributed by atoms with Crippen LogP contribution in [0.25, 0.3) is 15.9 Å². The average molecular weight is 574 g/mol. The first kappa shape index (κ1) is 23.5. The van der Waals surface area contributed by atoms with Gasteiger partial charge in [0.05, 0.1) is 26.8 Å². The van der Waals surface area contributed by atoms with Crippen LogP contribution in [-0.4, -0.2) is 27.4 Å². The van der Waals surface area contributed by atoms with Crippen LogP contribution >= 0.6 is 50.4 Å². The van der Waals surface area contributed by atoms with Gasteiger partial charge in [-0.15, -0.1) is 22.7 Å². The van der Waals surface area contributed by atoms with Crippen molar-refractivity contribution in [1.82, 2.24) is 15.0 Å². The molecule has 0 radical (unpaired) electrons. The highest BCUT2D eigenvalue weighted by Crippen LogP contribution is 2.35. The van der Waals surface area contributed by atoms with Crippen molar-refractivity contribution in [3.63, 3.8) is 0 Å². The molecule has 0 saturated heterocycles. The van der Waals surface area contributed by atoms with Crippen molar-refractivity contribution in [2.75, 3.05) is 5.75 Å². The Morgan fingerprint density at radius 3 is 2.76 bits per heavy atom. The first-order valence-corrected chi connectivity index (χ1v) is 14.2. The van der Waals surface area contributed by atoms with Crippen LogP contribution in [0.3, 0.4) is 0 Å². The fraction of sp³-hybridized carbons (Fsp3) is 0.250. The van der Waals surface area contributed by atoms with Crippen LogP contribution in [0.2, 0.25) is 0 Å². The lowest BCUT2D eigenvalue weighted by molar-refractivity contribution is -0.118. The number of nitrogens with one attached hydrogen (secondary N) is 1. The highest BCUT2D eigenvalue weighted by Gasteiger charge is 2.23. The summed E-state index contributed by atoms with van der Waals surface area (Å²) in [6.07, 6.45) is 5.79. The number of carbonyl (C=O) groups excluding carboxylic acids is 1. The van der Waals surface area contributed by atoms with E-state index in [1.54, 1.807) is 22.1 Å². The van der Waals surface area contributed by atoms with Gasteiger partial charge in [-0.3, -0.25) is 14.2 Å². The molecule has 1 aliphatic rings. The first-order valence-electron chi connectivity index (χ1n) is 10.8. The molecule has 0 bridgehead atoms. The highest BCUT2D eigenvalue weighted by molar-refractivity contribution is 9.11. The Balaban J connectivity index is 1.45. The van der Waals surface area contributed by atoms with Crippen molar-refractivity contribution in [3.8, 4) is 5.69 Å². The minimum Gasteiger partial charge on any atom is -0.272 e. The lowest BCUT2D eigenvalue weighted by Gasteiger charge is -2.13. The van der Waals surface area contributed by atoms with Gasteiger partial charge in [0.2, 0.25) is 0 Å². The molecule has 6 nitrogen and oxygen atoms in total. The standard InChI is InChI=1S/C24H21BrN4O2S3/c1-14-6-8-15(9-7-14)29-23(31)21-17-4-2-3-5-18(17)34-22(21)27-24(29)32-13-20(30)28-26-12-16-10-11-19(25)33-16/h6-12H,2-5,13H2,1H3,(H,28,30)/b26-12+. The number of aromatic nitrogens is 2. The van der Waals surface area contributed by atoms with E-state index in [-0.39, 0.29) is 17.2 Å². The molecule has 0 fully saturated rings. The quantitative estimate of drug-likeness (QED) is 0.139. The van der Waals surface area contributed by atoms with Gasteiger partial charge in [-0.1, -0.05) is 29.5 Å². The van der Waals surface area contributed by atoms with E-state index in [9.17, 15) is 9.59 Å². The van der Waals surface area contributed by atoms with Crippen molar-refractivity contribution in [2.45, 2.75) is 37.8 Å². The molecule has 5 rings (SSSR count). The monoisotopic (exact) mass is 572 g/mol. The zero-order chi connectivity index (χ0) is 23.7. The molecule has 4 aromatic rings. The van der Waals surface area contributed by atoms with E-state index < -0.39 is 0 Å². The summed E-state index contributed by atoms with van der Waals surface area (Å²) in [5, 5.41) is 5.29. The third kappa shape index (κ3) is 4.91. The zero-order valence-electron chi connectivity index (χ0n) is 18.3. The number of rotatable bonds is 6. The zero-order valence-corrected chi connectivity index (χ0v) is 22.4. The SMILES string of the molecule is Cc1ccc(-n2c(SCC(=O)N/N=C/c3ccc(Br)s3)nc3sc4c(c3c2=O)CCCC4)cc1. The van der Waals surface area contributed by atoms with E-state index in [2.05, 4.69) is 26.5 Å². The number of nitrogens with zero attached hydrogens (tertiary/aromatic N) is 3. The second-order valence-electron chi connectivity index (χ2n) is 7.99. The number of aryl methyl sites for hydroxylation is 3. The molecule has 1 amide bonds. The molecule has 1 aliphatic carbocycles. The molecule has 0 spiro atoms. The molecule has 3 heterocycles. The third-order valence-electron chi connectivity index (χ3n) is 5.56. The number of halogens is 1. The maximum atomic E-state index is 13.7. The van der Waals surface area contributed by atoms with Crippen molar-refractivity contribution < 1.29 is 4.79 Å². The molecule has 34 heavy (non-hydrogen) atoms. The molecule has 1 aromatic carbocycles. The van der Waals surface area contributed by atoms with Crippen LogP contribution < -0.4 is 11.0 Å². The maximum Gasteiger partial charge on any atom is 0.267 e. The van der Waals surface area contributed by atoms with E-state index in [0.29, 0.717) is 5.16 Å². The van der Waals surface area contributed by atoms with E-state index >= 15 is 0 Å². The smallest absolute Gasteiger partial charge is 0.267 e. The Morgan fingerprint density at radius 1 is 1.21 bits per heavy atom. The highest BCUT2D eigenvalue weighted by atomic mass is 79.9. The topological polar surface area (TPSA) is 76.3 Å². The predicted octanol–water partition coefficient (Wildman–Crippen LogP) is 5.70. The summed E-state index contributed by atoms with van der Waals surface area (Å²) >= 11 is 7.80. The molecule has 3 aromatic heterocycles. The van der Waals surface area contributed by atoms with E-state index in [4.69, 9.17) is 4.98 Å². The maximum absolute atomic E-state index is 13.7. The number of benzene rings is 1. The second kappa shape index (κ2) is 10.2. The van der Waals surface area contributed by atoms with Crippen molar-refractivity contribution in [2.24, 2.45) is 5.10 Å². The van der Waals surface area contributed by atoms with Crippen LogP contribution in [0.1, 0.15) is 33.7 Å². The molecule has 0 saturated carbocycles. The van der Waals surface area contributed by atoms with Gasteiger partial charge in [0.25, 0.3) is 11.5 Å². The van der Waals surface area contributed by atoms with E-state index in [0.717, 1.165) is 61.4 Å². The number of thiophene rings is 2. The number of amides is 1. The molecule has 0 unspecified atom stereocenters. The molecule has 1 N–H and O–H groups in total. The number of hydrazone groups is 1. The van der Waals surface area contributed by atoms with Gasteiger partial charge in [0.1, 0.15) is 4.83 Å². The van der Waals surface area contributed by atoms with Gasteiger partial charge in [-0.2, -0.15) is 5.10 Å². The van der Waals surface area contributed by atoms with Crippen molar-refractivity contribution in [1.29, 1.82) is 0 Å². The summed E-state index contributed by atoms with van der Waals surface area (Å²) in [5.41, 5.74) is 5.53. The van der Waals surface area contributed by atoms with Crippen molar-refractivity contribution >= 4 is 72.7 Å². The van der Waals surface area contributed by atoms with Crippen LogP contribution in [-0.2, 0) is 17.6 Å². The van der Waals surface area contributed by atoms with Crippen LogP contribution in [0.5, 0.6) is 0 Å². The molecular formula is C24H21BrN4O2S3. The molecule has 0 aliphatic heterocycles. The molecular weight excluding hydrogens is 552 g/mol. The average Bonchev–Trinajstić information content (AvgIpc) is 3.41. The van der Waals surface area contributed by atoms with Crippen molar-refractivity contribution in [3.05, 3.63) is 71.4 Å². The fourth-order valence-electron chi connectivity index (χ4n) is 3.93. The van der Waals surface area contributed by atoms with Gasteiger partial charge in [-0.05, 0) is 78.4 Å². The van der Waals surface area contributed by atoms with Gasteiger partial charge in [0, 0.05) is 9.75 Å². The minimum atomic E-state index is -0.257. The normalized spacial score (nSPS) is 13.5. The van der Waals surface area contributed by atoms with Gasteiger partial charge in [-0.25, -0.2) is 10.4 Å². The number of hydrogen-bond donors (Lipinski definition) is 1. The summed E-state index contributed by atoms with van der Waals surface area (Å²) in [7, 11) is 0. The lowest BCUT2D eigenvalue weighted by atomic mass is 9.97. The Labute approximate surface area is 217 Å². The predicted molar refractivity (Wildman–Crippen MR) is 145 cm³/mol. The van der Waals surface area contributed by atoms with Crippen LogP contribution in [0.15, 0.2) is 55.2 Å². The molecule has 10 heteroatoms. The summed E-state index contributed by atoms with van der Waals surface area (Å²) in [5.74, 6) is -0.160. The number of fused-ring (bicyclic) bond motifs is 3. The van der Waals surface area contributed by atoms with E-state index in [1.165, 1.54) is 28.0 Å². The Hall–Kier alpha value is -2.27. The number of carbonyl (C=O) groups is 1. The summed E-state index contributed by atoms with van der Waals surface area (Å²) in [6.45, 7) is 2.01. The summed E-state index contributed by atoms with van der Waals surface area (Å²) in [4.78, 5) is 34.0. The summed E-state index contributed by atoms with van der Waals surface area (Å²) in [6, 6.07) is 11.7. The fourth-order valence-corrected chi connectivity index (χ4v) is 7.34. The lowest BCUT2D eigenvalue weighted by Crippen LogP contribution is -2.24. The third-order valence-corrected chi connectivity index (χ3v) is 9.24. The Morgan fingerprint density at radius 2 is 2.00 bits per heavy atom. The van der Waals surface area contributed by atoms with Gasteiger partial charge < -0.3 is 0 Å². The van der Waals surface area contributed by atoms with E-state index in [1.807, 2.05) is 43.3 Å². The summed E-state index contributed by atoms with van der Waals surface area (Å²) < 4.78 is 2.65. The van der Waals surface area contributed by atoms with Crippen LogP contribution in [0, 0.1) is 6.92 Å². The molecule has 0 atom stereocenters. The minimum absolute atomic E-state index is 0.0579. The molecule has 174 valence electrons. The van der Waals surface area contributed by atoms with Crippen LogP contribution in [0.4, 0.5) is 0 Å².